The molecule has 0 spiro atoms. The Morgan fingerprint density at radius 1 is 1.17 bits per heavy atom. The van der Waals surface area contributed by atoms with Crippen molar-refractivity contribution in [3.8, 4) is 11.8 Å². The molecule has 24 heavy (non-hydrogen) atoms. The van der Waals surface area contributed by atoms with E-state index in [0.717, 1.165) is 11.3 Å². The quantitative estimate of drug-likeness (QED) is 0.742. The van der Waals surface area contributed by atoms with Crippen LogP contribution in [0.1, 0.15) is 28.7 Å². The number of fused-ring (bicyclic) bond motifs is 3. The van der Waals surface area contributed by atoms with Crippen molar-refractivity contribution >= 4 is 17.3 Å². The van der Waals surface area contributed by atoms with Gasteiger partial charge in [-0.15, -0.1) is 0 Å². The third-order valence-electron chi connectivity index (χ3n) is 3.92. The minimum atomic E-state index is -1.12. The van der Waals surface area contributed by atoms with Gasteiger partial charge in [0.2, 0.25) is 6.23 Å². The molecule has 0 saturated heterocycles. The molecule has 0 aliphatic carbocycles. The van der Waals surface area contributed by atoms with Crippen molar-refractivity contribution in [1.29, 1.82) is 5.26 Å². The van der Waals surface area contributed by atoms with Gasteiger partial charge in [-0.05, 0) is 24.3 Å². The first kappa shape index (κ1) is 14.6. The number of nitrogens with zero attached hydrogens (tertiary/aromatic N) is 4. The minimum Gasteiger partial charge on any atom is -0.365 e. The average Bonchev–Trinajstić information content (AvgIpc) is 3.05. The van der Waals surface area contributed by atoms with Crippen LogP contribution in [0.5, 0.6) is 0 Å². The molecule has 6 heteroatoms. The topological polar surface area (TPSA) is 74.2 Å². The third-order valence-corrected chi connectivity index (χ3v) is 4.25. The van der Waals surface area contributed by atoms with Crippen LogP contribution in [-0.2, 0) is 0 Å². The van der Waals surface area contributed by atoms with Gasteiger partial charge in [0.05, 0.1) is 23.0 Å². The molecule has 0 radical (unpaired) electrons. The second kappa shape index (κ2) is 5.60. The second-order valence-electron chi connectivity index (χ2n) is 5.33. The Bertz CT molecular complexity index is 1020. The summed E-state index contributed by atoms with van der Waals surface area (Å²) in [5.74, 6) is 0.419. The fourth-order valence-electron chi connectivity index (χ4n) is 2.83. The molecule has 0 saturated carbocycles. The molecular formula is C18H11ClN4O. The molecule has 5 nitrogen and oxygen atoms in total. The lowest BCUT2D eigenvalue weighted by molar-refractivity contribution is 0.177. The van der Waals surface area contributed by atoms with Gasteiger partial charge in [-0.25, -0.2) is 9.98 Å². The van der Waals surface area contributed by atoms with Crippen LogP contribution in [0.15, 0.2) is 59.9 Å². The molecule has 0 amide bonds. The summed E-state index contributed by atoms with van der Waals surface area (Å²) in [4.78, 5) is 8.63. The number of aliphatic imine (C=N–C) groups is 1. The normalized spacial score (nSPS) is 15.7. The second-order valence-corrected chi connectivity index (χ2v) is 5.74. The number of benzene rings is 2. The van der Waals surface area contributed by atoms with Crippen LogP contribution < -0.4 is 0 Å². The Balaban J connectivity index is 2.06. The number of aliphatic hydroxyl groups excluding tert-OH is 1. The van der Waals surface area contributed by atoms with Crippen LogP contribution in [0.25, 0.3) is 5.69 Å². The molecule has 0 fully saturated rings. The fourth-order valence-corrected chi connectivity index (χ4v) is 3.06. The Morgan fingerprint density at radius 3 is 2.79 bits per heavy atom. The predicted octanol–water partition coefficient (Wildman–Crippen LogP) is 3.24. The molecule has 0 bridgehead atoms. The summed E-state index contributed by atoms with van der Waals surface area (Å²) in [6.45, 7) is 0. The molecule has 4 rings (SSSR count). The first-order chi connectivity index (χ1) is 11.7. The molecule has 2 heterocycles. The molecule has 1 aliphatic rings. The van der Waals surface area contributed by atoms with Crippen molar-refractivity contribution in [1.82, 2.24) is 9.55 Å². The highest BCUT2D eigenvalue weighted by atomic mass is 35.5. The number of imidazole rings is 1. The Morgan fingerprint density at radius 2 is 2.00 bits per heavy atom. The summed E-state index contributed by atoms with van der Waals surface area (Å²) in [7, 11) is 0. The summed E-state index contributed by atoms with van der Waals surface area (Å²) in [6.07, 6.45) is 2.25. The molecule has 2 aromatic carbocycles. The SMILES string of the molecule is N#Cc1ccc2c(c1)C(c1ccccc1Cl)=NC(O)c1nccn1-2. The highest BCUT2D eigenvalue weighted by Crippen LogP contribution is 2.31. The largest absolute Gasteiger partial charge is 0.365 e. The predicted molar refractivity (Wildman–Crippen MR) is 90.3 cm³/mol. The highest BCUT2D eigenvalue weighted by molar-refractivity contribution is 6.35. The minimum absolute atomic E-state index is 0.419. The van der Waals surface area contributed by atoms with Crippen LogP contribution in [-0.4, -0.2) is 20.4 Å². The first-order valence-electron chi connectivity index (χ1n) is 7.28. The number of nitriles is 1. The van der Waals surface area contributed by atoms with E-state index in [1.54, 1.807) is 35.2 Å². The van der Waals surface area contributed by atoms with Crippen LogP contribution in [0.3, 0.4) is 0 Å². The van der Waals surface area contributed by atoms with E-state index in [1.165, 1.54) is 0 Å². The van der Waals surface area contributed by atoms with Crippen molar-refractivity contribution in [2.24, 2.45) is 4.99 Å². The van der Waals surface area contributed by atoms with E-state index >= 15 is 0 Å². The van der Waals surface area contributed by atoms with Gasteiger partial charge in [-0.1, -0.05) is 29.8 Å². The van der Waals surface area contributed by atoms with E-state index in [9.17, 15) is 10.4 Å². The number of rotatable bonds is 1. The standard InChI is InChI=1S/C18H11ClN4O/c19-14-4-2-1-3-12(14)16-13-9-11(10-20)5-6-15(13)23-8-7-21-17(23)18(24)22-16/h1-9,18,24H. The summed E-state index contributed by atoms with van der Waals surface area (Å²) < 4.78 is 1.77. The van der Waals surface area contributed by atoms with Gasteiger partial charge >= 0.3 is 0 Å². The van der Waals surface area contributed by atoms with Crippen molar-refractivity contribution in [3.63, 3.8) is 0 Å². The molecule has 1 aliphatic heterocycles. The molecule has 1 atom stereocenters. The van der Waals surface area contributed by atoms with Gasteiger partial charge in [0, 0.05) is 28.5 Å². The molecule has 3 aromatic rings. The zero-order chi connectivity index (χ0) is 16.7. The number of aromatic nitrogens is 2. The smallest absolute Gasteiger partial charge is 0.205 e. The molecule has 116 valence electrons. The van der Waals surface area contributed by atoms with Crippen LogP contribution in [0, 0.1) is 11.3 Å². The molecular weight excluding hydrogens is 324 g/mol. The average molecular weight is 335 g/mol. The summed E-state index contributed by atoms with van der Waals surface area (Å²) in [5, 5.41) is 20.2. The van der Waals surface area contributed by atoms with Crippen LogP contribution >= 0.6 is 11.6 Å². The van der Waals surface area contributed by atoms with Gasteiger partial charge < -0.3 is 5.11 Å². The van der Waals surface area contributed by atoms with E-state index in [-0.39, 0.29) is 0 Å². The first-order valence-corrected chi connectivity index (χ1v) is 7.66. The fraction of sp³-hybridized carbons (Fsp3) is 0.0556. The maximum Gasteiger partial charge on any atom is 0.205 e. The summed E-state index contributed by atoms with van der Waals surface area (Å²) >= 11 is 6.33. The maximum absolute atomic E-state index is 10.5. The molecule has 1 aromatic heterocycles. The lowest BCUT2D eigenvalue weighted by Crippen LogP contribution is -2.08. The van der Waals surface area contributed by atoms with Gasteiger partial charge in [-0.2, -0.15) is 5.26 Å². The number of hydrogen-bond acceptors (Lipinski definition) is 4. The lowest BCUT2D eigenvalue weighted by atomic mass is 9.98. The van der Waals surface area contributed by atoms with E-state index in [0.29, 0.717) is 27.7 Å². The van der Waals surface area contributed by atoms with E-state index < -0.39 is 6.23 Å². The van der Waals surface area contributed by atoms with E-state index in [4.69, 9.17) is 11.6 Å². The monoisotopic (exact) mass is 334 g/mol. The number of hydrogen-bond donors (Lipinski definition) is 1. The Kier molecular flexibility index (Phi) is 3.42. The van der Waals surface area contributed by atoms with Crippen molar-refractivity contribution in [2.75, 3.05) is 0 Å². The van der Waals surface area contributed by atoms with Crippen LogP contribution in [0.4, 0.5) is 0 Å². The van der Waals surface area contributed by atoms with Crippen LogP contribution in [0.2, 0.25) is 5.02 Å². The molecule has 1 N–H and O–H groups in total. The lowest BCUT2D eigenvalue weighted by Gasteiger charge is -2.12. The van der Waals surface area contributed by atoms with Gasteiger partial charge in [0.15, 0.2) is 5.82 Å². The number of halogens is 1. The van der Waals surface area contributed by atoms with Gasteiger partial charge in [0.25, 0.3) is 0 Å². The van der Waals surface area contributed by atoms with Crippen molar-refractivity contribution in [2.45, 2.75) is 6.23 Å². The van der Waals surface area contributed by atoms with E-state index in [1.807, 2.05) is 24.3 Å². The van der Waals surface area contributed by atoms with Crippen molar-refractivity contribution < 1.29 is 5.11 Å². The Hall–Kier alpha value is -2.94. The van der Waals surface area contributed by atoms with Gasteiger partial charge in [0.1, 0.15) is 0 Å². The summed E-state index contributed by atoms with van der Waals surface area (Å²) in [5.41, 5.74) is 3.24. The van der Waals surface area contributed by atoms with Gasteiger partial charge in [-0.3, -0.25) is 4.57 Å². The highest BCUT2D eigenvalue weighted by Gasteiger charge is 2.25. The third kappa shape index (κ3) is 2.21. The number of aliphatic hydroxyl groups is 1. The zero-order valence-corrected chi connectivity index (χ0v) is 13.1. The Labute approximate surface area is 143 Å². The maximum atomic E-state index is 10.5. The van der Waals surface area contributed by atoms with E-state index in [2.05, 4.69) is 16.0 Å². The summed E-state index contributed by atoms with van der Waals surface area (Å²) in [6, 6.07) is 14.7. The van der Waals surface area contributed by atoms with Crippen molar-refractivity contribution in [3.05, 3.63) is 82.4 Å². The molecule has 1 unspecified atom stereocenters. The zero-order valence-electron chi connectivity index (χ0n) is 12.4.